The van der Waals surface area contributed by atoms with Gasteiger partial charge in [-0.25, -0.2) is 4.79 Å². The van der Waals surface area contributed by atoms with E-state index >= 15 is 0 Å². The molecule has 0 fully saturated rings. The number of methoxy groups -OCH3 is 1. The third-order valence-electron chi connectivity index (χ3n) is 3.22. The van der Waals surface area contributed by atoms with Crippen molar-refractivity contribution in [2.45, 2.75) is 13.5 Å². The predicted molar refractivity (Wildman–Crippen MR) is 77.8 cm³/mol. The summed E-state index contributed by atoms with van der Waals surface area (Å²) in [6, 6.07) is 9.46. The van der Waals surface area contributed by atoms with Crippen LogP contribution in [-0.2, 0) is 18.3 Å². The van der Waals surface area contributed by atoms with Gasteiger partial charge in [0.25, 0.3) is 0 Å². The summed E-state index contributed by atoms with van der Waals surface area (Å²) in [5, 5.41) is 4.33. The maximum atomic E-state index is 11.8. The molecule has 0 atom stereocenters. The smallest absolute Gasteiger partial charge is 0.339 e. The number of aromatic nitrogens is 2. The fraction of sp³-hybridized carbons (Fsp3) is 0.333. The molecule has 0 bridgehead atoms. The zero-order valence-electron chi connectivity index (χ0n) is 12.3. The molecule has 0 aliphatic heterocycles. The molecule has 0 unspecified atom stereocenters. The Labute approximate surface area is 118 Å². The van der Waals surface area contributed by atoms with E-state index in [4.69, 9.17) is 4.74 Å². The zero-order valence-corrected chi connectivity index (χ0v) is 12.3. The largest absolute Gasteiger partial charge is 0.465 e. The van der Waals surface area contributed by atoms with Crippen LogP contribution in [0.5, 0.6) is 0 Å². The third-order valence-corrected chi connectivity index (χ3v) is 3.22. The molecule has 1 heterocycles. The number of carbonyl (C=O) groups excluding carboxylic acids is 1. The minimum absolute atomic E-state index is 0.325. The molecular formula is C15H19N3O2. The fourth-order valence-corrected chi connectivity index (χ4v) is 2.23. The van der Waals surface area contributed by atoms with Crippen molar-refractivity contribution in [3.05, 3.63) is 47.3 Å². The number of hydrogen-bond acceptors (Lipinski definition) is 4. The summed E-state index contributed by atoms with van der Waals surface area (Å²) in [6.07, 6.45) is 0. The molecule has 0 aliphatic carbocycles. The van der Waals surface area contributed by atoms with Crippen LogP contribution in [0.2, 0.25) is 0 Å². The van der Waals surface area contributed by atoms with Crippen molar-refractivity contribution in [3.8, 4) is 0 Å². The number of carbonyl (C=O) groups is 1. The van der Waals surface area contributed by atoms with E-state index < -0.39 is 0 Å². The lowest BCUT2D eigenvalue weighted by molar-refractivity contribution is 0.0601. The Morgan fingerprint density at radius 2 is 2.10 bits per heavy atom. The molecule has 106 valence electrons. The van der Waals surface area contributed by atoms with Gasteiger partial charge in [0.05, 0.1) is 36.3 Å². The van der Waals surface area contributed by atoms with Crippen LogP contribution in [0.3, 0.4) is 0 Å². The van der Waals surface area contributed by atoms with Crippen LogP contribution in [0.1, 0.15) is 21.7 Å². The summed E-state index contributed by atoms with van der Waals surface area (Å²) in [5.74, 6) is -0.325. The Balaban J connectivity index is 2.27. The number of aryl methyl sites for hydroxylation is 2. The lowest BCUT2D eigenvalue weighted by Crippen LogP contribution is -2.21. The van der Waals surface area contributed by atoms with Crippen LogP contribution in [0.4, 0.5) is 5.69 Å². The third kappa shape index (κ3) is 2.82. The molecule has 0 spiro atoms. The minimum atomic E-state index is -0.325. The van der Waals surface area contributed by atoms with Gasteiger partial charge in [-0.1, -0.05) is 12.1 Å². The average molecular weight is 273 g/mol. The Kier molecular flexibility index (Phi) is 4.08. The van der Waals surface area contributed by atoms with Crippen LogP contribution in [-0.4, -0.2) is 29.9 Å². The Hall–Kier alpha value is -2.30. The second kappa shape index (κ2) is 5.77. The van der Waals surface area contributed by atoms with Crippen molar-refractivity contribution in [2.75, 3.05) is 19.1 Å². The molecule has 0 saturated carbocycles. The zero-order chi connectivity index (χ0) is 14.7. The summed E-state index contributed by atoms with van der Waals surface area (Å²) >= 11 is 0. The summed E-state index contributed by atoms with van der Waals surface area (Å²) in [7, 11) is 5.26. The van der Waals surface area contributed by atoms with Crippen LogP contribution in [0, 0.1) is 6.92 Å². The van der Waals surface area contributed by atoms with E-state index in [0.717, 1.165) is 17.1 Å². The van der Waals surface area contributed by atoms with Crippen molar-refractivity contribution >= 4 is 11.7 Å². The predicted octanol–water partition coefficient (Wildman–Crippen LogP) is 2.15. The highest BCUT2D eigenvalue weighted by atomic mass is 16.5. The van der Waals surface area contributed by atoms with Crippen LogP contribution < -0.4 is 4.90 Å². The molecule has 5 heteroatoms. The Bertz CT molecular complexity index is 619. The van der Waals surface area contributed by atoms with E-state index in [1.807, 2.05) is 54.9 Å². The summed E-state index contributed by atoms with van der Waals surface area (Å²) in [4.78, 5) is 13.8. The standard InChI is InChI=1S/C15H19N3O2/c1-11-9-12(18(3)16-11)10-17(2)14-8-6-5-7-13(14)15(19)20-4/h5-9H,10H2,1-4H3. The molecule has 0 radical (unpaired) electrons. The van der Waals surface area contributed by atoms with Gasteiger partial charge < -0.3 is 9.64 Å². The Morgan fingerprint density at radius 1 is 1.40 bits per heavy atom. The first-order valence-corrected chi connectivity index (χ1v) is 6.41. The van der Waals surface area contributed by atoms with Crippen LogP contribution >= 0.6 is 0 Å². The number of esters is 1. The van der Waals surface area contributed by atoms with E-state index in [0.29, 0.717) is 12.1 Å². The molecule has 5 nitrogen and oxygen atoms in total. The first-order chi connectivity index (χ1) is 9.52. The van der Waals surface area contributed by atoms with Crippen molar-refractivity contribution < 1.29 is 9.53 Å². The molecule has 2 rings (SSSR count). The summed E-state index contributed by atoms with van der Waals surface area (Å²) in [5.41, 5.74) is 3.48. The highest BCUT2D eigenvalue weighted by molar-refractivity contribution is 5.95. The first kappa shape index (κ1) is 14.1. The Morgan fingerprint density at radius 3 is 2.70 bits per heavy atom. The molecule has 0 amide bonds. The average Bonchev–Trinajstić information content (AvgIpc) is 2.76. The number of anilines is 1. The molecule has 2 aromatic rings. The van der Waals surface area contributed by atoms with Crippen molar-refractivity contribution in [3.63, 3.8) is 0 Å². The van der Waals surface area contributed by atoms with E-state index in [2.05, 4.69) is 5.10 Å². The lowest BCUT2D eigenvalue weighted by atomic mass is 10.1. The van der Waals surface area contributed by atoms with Gasteiger partial charge in [0.2, 0.25) is 0 Å². The highest BCUT2D eigenvalue weighted by Gasteiger charge is 2.15. The number of nitrogens with zero attached hydrogens (tertiary/aromatic N) is 3. The van der Waals surface area contributed by atoms with E-state index in [1.165, 1.54) is 7.11 Å². The SMILES string of the molecule is COC(=O)c1ccccc1N(C)Cc1cc(C)nn1C. The minimum Gasteiger partial charge on any atom is -0.465 e. The van der Waals surface area contributed by atoms with Crippen molar-refractivity contribution in [1.82, 2.24) is 9.78 Å². The maximum Gasteiger partial charge on any atom is 0.339 e. The second-order valence-corrected chi connectivity index (χ2v) is 4.77. The number of hydrogen-bond donors (Lipinski definition) is 0. The molecule has 1 aromatic heterocycles. The number of rotatable bonds is 4. The lowest BCUT2D eigenvalue weighted by Gasteiger charge is -2.21. The summed E-state index contributed by atoms with van der Waals surface area (Å²) in [6.45, 7) is 2.64. The van der Waals surface area contributed by atoms with Gasteiger partial charge in [-0.05, 0) is 25.1 Å². The fourth-order valence-electron chi connectivity index (χ4n) is 2.23. The molecule has 0 N–H and O–H groups in total. The number of benzene rings is 1. The van der Waals surface area contributed by atoms with Gasteiger partial charge in [-0.15, -0.1) is 0 Å². The van der Waals surface area contributed by atoms with Gasteiger partial charge in [0.1, 0.15) is 0 Å². The molecule has 0 aliphatic rings. The molecule has 1 aromatic carbocycles. The quantitative estimate of drug-likeness (QED) is 0.801. The number of ether oxygens (including phenoxy) is 1. The van der Waals surface area contributed by atoms with E-state index in [-0.39, 0.29) is 5.97 Å². The normalized spacial score (nSPS) is 10.4. The van der Waals surface area contributed by atoms with Gasteiger partial charge in [-0.2, -0.15) is 5.10 Å². The van der Waals surface area contributed by atoms with Gasteiger partial charge >= 0.3 is 5.97 Å². The van der Waals surface area contributed by atoms with Crippen LogP contribution in [0.15, 0.2) is 30.3 Å². The van der Waals surface area contributed by atoms with E-state index in [9.17, 15) is 4.79 Å². The van der Waals surface area contributed by atoms with Crippen LogP contribution in [0.25, 0.3) is 0 Å². The van der Waals surface area contributed by atoms with Gasteiger partial charge in [0, 0.05) is 14.1 Å². The molecular weight excluding hydrogens is 254 g/mol. The topological polar surface area (TPSA) is 47.4 Å². The van der Waals surface area contributed by atoms with Gasteiger partial charge in [0.15, 0.2) is 0 Å². The number of para-hydroxylation sites is 1. The highest BCUT2D eigenvalue weighted by Crippen LogP contribution is 2.21. The first-order valence-electron chi connectivity index (χ1n) is 6.41. The monoisotopic (exact) mass is 273 g/mol. The van der Waals surface area contributed by atoms with Crippen molar-refractivity contribution in [1.29, 1.82) is 0 Å². The molecule has 0 saturated heterocycles. The second-order valence-electron chi connectivity index (χ2n) is 4.77. The van der Waals surface area contributed by atoms with Crippen molar-refractivity contribution in [2.24, 2.45) is 7.05 Å². The molecule has 20 heavy (non-hydrogen) atoms. The maximum absolute atomic E-state index is 11.8. The summed E-state index contributed by atoms with van der Waals surface area (Å²) < 4.78 is 6.68. The van der Waals surface area contributed by atoms with E-state index in [1.54, 1.807) is 6.07 Å². The van der Waals surface area contributed by atoms with Gasteiger partial charge in [-0.3, -0.25) is 4.68 Å².